The average molecular weight is 384 g/mol. The molecule has 1 saturated heterocycles. The van der Waals surface area contributed by atoms with Crippen LogP contribution in [0.5, 0.6) is 0 Å². The molecule has 1 N–H and O–H groups in total. The van der Waals surface area contributed by atoms with Crippen LogP contribution in [0.3, 0.4) is 0 Å². The number of piperazine rings is 1. The summed E-state index contributed by atoms with van der Waals surface area (Å²) in [6.07, 6.45) is -3.58. The van der Waals surface area contributed by atoms with Gasteiger partial charge in [-0.25, -0.2) is 14.5 Å². The normalized spacial score (nSPS) is 16.3. The van der Waals surface area contributed by atoms with Gasteiger partial charge in [0.2, 0.25) is 0 Å². The first-order valence-corrected chi connectivity index (χ1v) is 8.31. The predicted octanol–water partition coefficient (Wildman–Crippen LogP) is 1.22. The van der Waals surface area contributed by atoms with E-state index in [4.69, 9.17) is 0 Å². The van der Waals surface area contributed by atoms with E-state index in [0.29, 0.717) is 37.8 Å². The third-order valence-corrected chi connectivity index (χ3v) is 4.35. The van der Waals surface area contributed by atoms with Gasteiger partial charge in [0.15, 0.2) is 5.82 Å². The Balaban J connectivity index is 1.54. The Labute approximate surface area is 153 Å². The number of tetrazole rings is 1. The molecule has 2 aromatic heterocycles. The highest BCUT2D eigenvalue weighted by atomic mass is 19.4. The van der Waals surface area contributed by atoms with Gasteiger partial charge in [-0.2, -0.15) is 13.2 Å². The summed E-state index contributed by atoms with van der Waals surface area (Å²) < 4.78 is 39.3. The van der Waals surface area contributed by atoms with Gasteiger partial charge in [0.05, 0.1) is 11.6 Å². The number of rotatable bonds is 3. The molecule has 1 atom stereocenters. The number of anilines is 1. The summed E-state index contributed by atoms with van der Waals surface area (Å²) in [6, 6.07) is 1.76. The smallest absolute Gasteiger partial charge is 0.353 e. The maximum atomic E-state index is 12.6. The van der Waals surface area contributed by atoms with Crippen LogP contribution in [-0.2, 0) is 13.2 Å². The second-order valence-electron chi connectivity index (χ2n) is 6.21. The van der Waals surface area contributed by atoms with Crippen LogP contribution in [-0.4, -0.2) is 62.3 Å². The Morgan fingerprint density at radius 3 is 2.44 bits per heavy atom. The van der Waals surface area contributed by atoms with Crippen molar-refractivity contribution < 1.29 is 18.0 Å². The highest BCUT2D eigenvalue weighted by Gasteiger charge is 2.31. The van der Waals surface area contributed by atoms with Crippen LogP contribution in [0.1, 0.15) is 24.4 Å². The zero-order chi connectivity index (χ0) is 19.6. The third kappa shape index (κ3) is 4.26. The van der Waals surface area contributed by atoms with Gasteiger partial charge in [-0.1, -0.05) is 0 Å². The molecule has 0 spiro atoms. The van der Waals surface area contributed by atoms with Crippen LogP contribution in [0.4, 0.5) is 23.8 Å². The number of nitrogens with one attached hydrogen (secondary N) is 1. The molecule has 12 heteroatoms. The molecule has 0 bridgehead atoms. The number of carbonyl (C=O) groups excluding carboxylic acids is 1. The summed E-state index contributed by atoms with van der Waals surface area (Å²) in [5.74, 6) is 0.998. The maximum absolute atomic E-state index is 12.6. The second kappa shape index (κ2) is 7.37. The lowest BCUT2D eigenvalue weighted by molar-refractivity contribution is -0.137. The molecule has 1 fully saturated rings. The molecule has 0 radical (unpaired) electrons. The minimum absolute atomic E-state index is 0.245. The lowest BCUT2D eigenvalue weighted by atomic mass is 10.2. The van der Waals surface area contributed by atoms with E-state index in [0.717, 1.165) is 12.3 Å². The lowest BCUT2D eigenvalue weighted by Gasteiger charge is -2.35. The van der Waals surface area contributed by atoms with Crippen LogP contribution < -0.4 is 10.2 Å². The zero-order valence-corrected chi connectivity index (χ0v) is 14.8. The summed E-state index contributed by atoms with van der Waals surface area (Å²) in [6.45, 7) is 3.60. The maximum Gasteiger partial charge on any atom is 0.417 e. The summed E-state index contributed by atoms with van der Waals surface area (Å²) in [4.78, 5) is 19.8. The third-order valence-electron chi connectivity index (χ3n) is 4.35. The van der Waals surface area contributed by atoms with Crippen molar-refractivity contribution in [2.45, 2.75) is 19.1 Å². The number of alkyl halides is 3. The molecule has 3 rings (SSSR count). The quantitative estimate of drug-likeness (QED) is 0.856. The Morgan fingerprint density at radius 1 is 1.22 bits per heavy atom. The summed E-state index contributed by atoms with van der Waals surface area (Å²) in [5, 5.41) is 14.0. The van der Waals surface area contributed by atoms with Crippen molar-refractivity contribution in [2.75, 3.05) is 31.1 Å². The van der Waals surface area contributed by atoms with Crippen LogP contribution in [0, 0.1) is 0 Å². The van der Waals surface area contributed by atoms with E-state index in [9.17, 15) is 18.0 Å². The first-order valence-electron chi connectivity index (χ1n) is 8.31. The van der Waals surface area contributed by atoms with Crippen molar-refractivity contribution in [1.29, 1.82) is 0 Å². The van der Waals surface area contributed by atoms with Gasteiger partial charge < -0.3 is 15.1 Å². The topological polar surface area (TPSA) is 92.1 Å². The van der Waals surface area contributed by atoms with E-state index in [1.54, 1.807) is 18.9 Å². The number of nitrogens with zero attached hydrogens (tertiary/aromatic N) is 7. The number of hydrogen-bond acceptors (Lipinski definition) is 6. The van der Waals surface area contributed by atoms with Gasteiger partial charge in [-0.15, -0.1) is 5.10 Å². The van der Waals surface area contributed by atoms with E-state index in [1.165, 1.54) is 10.7 Å². The van der Waals surface area contributed by atoms with Crippen LogP contribution >= 0.6 is 0 Å². The van der Waals surface area contributed by atoms with Crippen LogP contribution in [0.2, 0.25) is 0 Å². The molecule has 0 saturated carbocycles. The van der Waals surface area contributed by atoms with Crippen molar-refractivity contribution in [3.63, 3.8) is 0 Å². The molecule has 1 aliphatic heterocycles. The Morgan fingerprint density at radius 2 is 1.93 bits per heavy atom. The number of carbonyl (C=O) groups is 1. The lowest BCUT2D eigenvalue weighted by Crippen LogP contribution is -2.52. The molecule has 0 unspecified atom stereocenters. The fourth-order valence-corrected chi connectivity index (χ4v) is 2.82. The molecule has 27 heavy (non-hydrogen) atoms. The standard InChI is InChI=1S/C15H19F3N8O/c1-10(13-21-22-23-24(13)2)20-14(27)26-7-5-25(6-8-26)12-4-3-11(9-19-12)15(16,17)18/h3-4,9-10H,5-8H2,1-2H3,(H,20,27)/t10-/m1/s1. The van der Waals surface area contributed by atoms with Crippen molar-refractivity contribution in [1.82, 2.24) is 35.4 Å². The largest absolute Gasteiger partial charge is 0.417 e. The molecule has 9 nitrogen and oxygen atoms in total. The zero-order valence-electron chi connectivity index (χ0n) is 14.8. The summed E-state index contributed by atoms with van der Waals surface area (Å²) in [5.41, 5.74) is -0.781. The number of hydrogen-bond donors (Lipinski definition) is 1. The van der Waals surface area contributed by atoms with Gasteiger partial charge >= 0.3 is 12.2 Å². The van der Waals surface area contributed by atoms with Gasteiger partial charge in [-0.05, 0) is 29.5 Å². The predicted molar refractivity (Wildman–Crippen MR) is 88.8 cm³/mol. The number of aromatic nitrogens is 5. The molecular formula is C15H19F3N8O. The molecule has 1 aliphatic rings. The van der Waals surface area contributed by atoms with E-state index < -0.39 is 11.7 Å². The molecule has 2 amide bonds. The summed E-state index contributed by atoms with van der Waals surface area (Å²) >= 11 is 0. The van der Waals surface area contributed by atoms with Crippen molar-refractivity contribution in [2.24, 2.45) is 7.05 Å². The van der Waals surface area contributed by atoms with Gasteiger partial charge in [0, 0.05) is 39.4 Å². The molecule has 2 aromatic rings. The minimum atomic E-state index is -4.41. The second-order valence-corrected chi connectivity index (χ2v) is 6.21. The first-order chi connectivity index (χ1) is 12.8. The number of urea groups is 1. The first kappa shape index (κ1) is 18.9. The van der Waals surface area contributed by atoms with Crippen LogP contribution in [0.25, 0.3) is 0 Å². The average Bonchev–Trinajstić information content (AvgIpc) is 3.07. The monoisotopic (exact) mass is 384 g/mol. The van der Waals surface area contributed by atoms with E-state index >= 15 is 0 Å². The SMILES string of the molecule is C[C@@H](NC(=O)N1CCN(c2ccc(C(F)(F)F)cn2)CC1)c1nnnn1C. The highest BCUT2D eigenvalue weighted by Crippen LogP contribution is 2.29. The minimum Gasteiger partial charge on any atom is -0.353 e. The van der Waals surface area contributed by atoms with E-state index in [1.807, 2.05) is 4.90 Å². The highest BCUT2D eigenvalue weighted by molar-refractivity contribution is 5.75. The van der Waals surface area contributed by atoms with E-state index in [2.05, 4.69) is 25.8 Å². The molecule has 0 aromatic carbocycles. The van der Waals surface area contributed by atoms with Gasteiger partial charge in [0.25, 0.3) is 0 Å². The molecular weight excluding hydrogens is 365 g/mol. The molecule has 146 valence electrons. The van der Waals surface area contributed by atoms with Gasteiger partial charge in [0.1, 0.15) is 5.82 Å². The Hall–Kier alpha value is -2.92. The summed E-state index contributed by atoms with van der Waals surface area (Å²) in [7, 11) is 1.69. The Bertz CT molecular complexity index is 783. The number of amides is 2. The van der Waals surface area contributed by atoms with Crippen molar-refractivity contribution in [3.05, 3.63) is 29.7 Å². The Kier molecular flexibility index (Phi) is 5.15. The molecule has 0 aliphatic carbocycles. The van der Waals surface area contributed by atoms with Crippen molar-refractivity contribution in [3.8, 4) is 0 Å². The van der Waals surface area contributed by atoms with Crippen molar-refractivity contribution >= 4 is 11.8 Å². The fraction of sp³-hybridized carbons (Fsp3) is 0.533. The number of halogens is 3. The van der Waals surface area contributed by atoms with E-state index in [-0.39, 0.29) is 12.1 Å². The number of aryl methyl sites for hydroxylation is 1. The molecule has 3 heterocycles. The number of pyridine rings is 1. The fourth-order valence-electron chi connectivity index (χ4n) is 2.82. The van der Waals surface area contributed by atoms with Gasteiger partial charge in [-0.3, -0.25) is 0 Å². The van der Waals surface area contributed by atoms with Crippen LogP contribution in [0.15, 0.2) is 18.3 Å².